The zero-order valence-corrected chi connectivity index (χ0v) is 16.2. The summed E-state index contributed by atoms with van der Waals surface area (Å²) in [6, 6.07) is 4.47. The van der Waals surface area contributed by atoms with Gasteiger partial charge in [0.1, 0.15) is 17.0 Å². The molecular formula is C18H24FN3O3S. The van der Waals surface area contributed by atoms with Crippen LogP contribution in [0.5, 0.6) is 0 Å². The molecule has 2 aliphatic heterocycles. The van der Waals surface area contributed by atoms with E-state index in [0.29, 0.717) is 22.2 Å². The van der Waals surface area contributed by atoms with Crippen LogP contribution in [0.4, 0.5) is 14.9 Å². The molecule has 1 fully saturated rings. The number of nitrogens with one attached hydrogen (secondary N) is 1. The summed E-state index contributed by atoms with van der Waals surface area (Å²) in [5.41, 5.74) is 5.22. The van der Waals surface area contributed by atoms with E-state index in [2.05, 4.69) is 5.32 Å². The van der Waals surface area contributed by atoms with Crippen molar-refractivity contribution < 1.29 is 18.7 Å². The van der Waals surface area contributed by atoms with Crippen molar-refractivity contribution in [3.63, 3.8) is 0 Å². The largest absolute Gasteiger partial charge is 0.444 e. The van der Waals surface area contributed by atoms with Crippen LogP contribution in [0.25, 0.3) is 0 Å². The fraction of sp³-hybridized carbons (Fsp3) is 0.556. The van der Waals surface area contributed by atoms with E-state index in [1.165, 1.54) is 23.9 Å². The highest BCUT2D eigenvalue weighted by Crippen LogP contribution is 2.48. The van der Waals surface area contributed by atoms with Gasteiger partial charge < -0.3 is 15.2 Å². The summed E-state index contributed by atoms with van der Waals surface area (Å²) in [5.74, 6) is 0.242. The Bertz CT molecular complexity index is 750. The van der Waals surface area contributed by atoms with Crippen molar-refractivity contribution in [2.45, 2.75) is 44.9 Å². The molecule has 0 unspecified atom stereocenters. The number of rotatable bonds is 1. The van der Waals surface area contributed by atoms with Crippen LogP contribution in [0, 0.1) is 11.7 Å². The van der Waals surface area contributed by atoms with Gasteiger partial charge in [0.05, 0.1) is 12.7 Å². The average Bonchev–Trinajstić information content (AvgIpc) is 2.85. The lowest BCUT2D eigenvalue weighted by Crippen LogP contribution is -2.44. The number of fused-ring (bicyclic) bond motifs is 1. The van der Waals surface area contributed by atoms with Gasteiger partial charge in [0.15, 0.2) is 5.17 Å². The molecule has 3 atom stereocenters. The number of halogens is 1. The Morgan fingerprint density at radius 1 is 1.50 bits per heavy atom. The Labute approximate surface area is 156 Å². The molecule has 2 heterocycles. The zero-order valence-electron chi connectivity index (χ0n) is 15.3. The van der Waals surface area contributed by atoms with Crippen molar-refractivity contribution in [1.82, 2.24) is 5.32 Å². The number of carbonyl (C=O) groups excluding carboxylic acids is 1. The van der Waals surface area contributed by atoms with Gasteiger partial charge in [-0.2, -0.15) is 0 Å². The number of ether oxygens (including phenoxy) is 2. The van der Waals surface area contributed by atoms with Gasteiger partial charge in [-0.3, -0.25) is 5.32 Å². The lowest BCUT2D eigenvalue weighted by atomic mass is 9.79. The van der Waals surface area contributed by atoms with Crippen molar-refractivity contribution in [1.29, 1.82) is 0 Å². The molecule has 142 valence electrons. The first kappa shape index (κ1) is 19.0. The Hall–Kier alpha value is -1.80. The second-order valence-electron chi connectivity index (χ2n) is 7.64. The number of nitrogen functional groups attached to an aromatic ring is 1. The number of aliphatic imine (C=N–C) groups is 1. The number of nitrogens with two attached hydrogens (primary N) is 1. The van der Waals surface area contributed by atoms with Crippen molar-refractivity contribution in [2.24, 2.45) is 10.9 Å². The number of hydrogen-bond acceptors (Lipinski definition) is 6. The molecule has 1 amide bonds. The maximum atomic E-state index is 14.6. The molecule has 3 rings (SSSR count). The van der Waals surface area contributed by atoms with Crippen LogP contribution in [0.2, 0.25) is 0 Å². The summed E-state index contributed by atoms with van der Waals surface area (Å²) in [6.07, 6.45) is -0.660. The number of benzene rings is 1. The summed E-state index contributed by atoms with van der Waals surface area (Å²) >= 11 is 1.41. The van der Waals surface area contributed by atoms with Crippen molar-refractivity contribution in [2.75, 3.05) is 18.1 Å². The second kappa shape index (κ2) is 6.74. The molecule has 6 nitrogen and oxygen atoms in total. The van der Waals surface area contributed by atoms with E-state index in [4.69, 9.17) is 20.2 Å². The molecule has 3 N–H and O–H groups in total. The summed E-state index contributed by atoms with van der Waals surface area (Å²) in [7, 11) is 0. The first-order valence-corrected chi connectivity index (χ1v) is 9.49. The molecular weight excluding hydrogens is 357 g/mol. The third-order valence-electron chi connectivity index (χ3n) is 4.51. The van der Waals surface area contributed by atoms with Gasteiger partial charge in [0.2, 0.25) is 0 Å². The Balaban J connectivity index is 1.96. The van der Waals surface area contributed by atoms with Crippen molar-refractivity contribution >= 4 is 28.7 Å². The lowest BCUT2D eigenvalue weighted by Gasteiger charge is -2.36. The Kier molecular flexibility index (Phi) is 4.92. The number of anilines is 1. The van der Waals surface area contributed by atoms with E-state index in [-0.39, 0.29) is 24.4 Å². The third-order valence-corrected chi connectivity index (χ3v) is 5.50. The van der Waals surface area contributed by atoms with Gasteiger partial charge in [0, 0.05) is 22.9 Å². The van der Waals surface area contributed by atoms with Crippen LogP contribution in [-0.4, -0.2) is 35.3 Å². The highest BCUT2D eigenvalue weighted by molar-refractivity contribution is 8.13. The highest BCUT2D eigenvalue weighted by atomic mass is 32.2. The van der Waals surface area contributed by atoms with Crippen molar-refractivity contribution in [3.05, 3.63) is 29.6 Å². The van der Waals surface area contributed by atoms with E-state index in [0.717, 1.165) is 0 Å². The number of amidine groups is 1. The average molecular weight is 381 g/mol. The first-order valence-electron chi connectivity index (χ1n) is 8.50. The van der Waals surface area contributed by atoms with Gasteiger partial charge >= 0.3 is 6.09 Å². The molecule has 26 heavy (non-hydrogen) atoms. The number of alkyl carbamates (subject to hydrolysis) is 1. The van der Waals surface area contributed by atoms with Gasteiger partial charge in [-0.1, -0.05) is 11.8 Å². The monoisotopic (exact) mass is 381 g/mol. The van der Waals surface area contributed by atoms with Crippen molar-refractivity contribution in [3.8, 4) is 0 Å². The topological polar surface area (TPSA) is 85.9 Å². The minimum absolute atomic E-state index is 0.0204. The van der Waals surface area contributed by atoms with Crippen LogP contribution in [0.3, 0.4) is 0 Å². The van der Waals surface area contributed by atoms with E-state index >= 15 is 0 Å². The number of thioether (sulfide) groups is 1. The SMILES string of the molecule is C[C@H]1OC[C@]2(c3cc(N)ccc3F)N=C(NC(=O)OC(C)(C)C)SC[C@H]12. The van der Waals surface area contributed by atoms with E-state index in [1.54, 1.807) is 26.8 Å². The van der Waals surface area contributed by atoms with Gasteiger partial charge in [0.25, 0.3) is 0 Å². The number of nitrogens with zero attached hydrogens (tertiary/aromatic N) is 1. The van der Waals surface area contributed by atoms with E-state index in [9.17, 15) is 9.18 Å². The van der Waals surface area contributed by atoms with Gasteiger partial charge in [-0.05, 0) is 45.9 Å². The fourth-order valence-electron chi connectivity index (χ4n) is 3.31. The minimum atomic E-state index is -0.908. The smallest absolute Gasteiger partial charge is 0.413 e. The molecule has 0 radical (unpaired) electrons. The molecule has 0 aromatic heterocycles. The van der Waals surface area contributed by atoms with E-state index in [1.807, 2.05) is 6.92 Å². The Morgan fingerprint density at radius 3 is 2.92 bits per heavy atom. The van der Waals surface area contributed by atoms with Crippen LogP contribution < -0.4 is 11.1 Å². The van der Waals surface area contributed by atoms with Crippen LogP contribution in [0.15, 0.2) is 23.2 Å². The minimum Gasteiger partial charge on any atom is -0.444 e. The first-order chi connectivity index (χ1) is 12.1. The fourth-order valence-corrected chi connectivity index (χ4v) is 4.58. The van der Waals surface area contributed by atoms with Gasteiger partial charge in [-0.15, -0.1) is 0 Å². The van der Waals surface area contributed by atoms with Crippen LogP contribution >= 0.6 is 11.8 Å². The predicted molar refractivity (Wildman–Crippen MR) is 101 cm³/mol. The number of carbonyl (C=O) groups is 1. The summed E-state index contributed by atoms with van der Waals surface area (Å²) < 4.78 is 25.7. The second-order valence-corrected chi connectivity index (χ2v) is 8.65. The maximum Gasteiger partial charge on any atom is 0.413 e. The standard InChI is InChI=1S/C18H24FN3O3S/c1-10-13-8-26-15(21-16(23)25-17(2,3)4)22-18(13,9-24-10)12-7-11(20)5-6-14(12)19/h5-7,10,13H,8-9,20H2,1-4H3,(H,21,22,23)/t10-,13-,18-/m1/s1. The number of hydrogen-bond donors (Lipinski definition) is 2. The molecule has 0 aliphatic carbocycles. The molecule has 1 aromatic rings. The molecule has 0 saturated carbocycles. The quantitative estimate of drug-likeness (QED) is 0.729. The third kappa shape index (κ3) is 3.66. The van der Waals surface area contributed by atoms with Gasteiger partial charge in [-0.25, -0.2) is 14.2 Å². The summed E-state index contributed by atoms with van der Waals surface area (Å²) in [4.78, 5) is 16.8. The maximum absolute atomic E-state index is 14.6. The lowest BCUT2D eigenvalue weighted by molar-refractivity contribution is 0.0564. The Morgan fingerprint density at radius 2 is 2.23 bits per heavy atom. The van der Waals surface area contributed by atoms with E-state index < -0.39 is 17.2 Å². The zero-order chi connectivity index (χ0) is 19.1. The molecule has 1 aromatic carbocycles. The molecule has 2 aliphatic rings. The van der Waals surface area contributed by atoms with Crippen LogP contribution in [0.1, 0.15) is 33.3 Å². The molecule has 8 heteroatoms. The molecule has 0 spiro atoms. The summed E-state index contributed by atoms with van der Waals surface area (Å²) in [5, 5.41) is 3.07. The highest BCUT2D eigenvalue weighted by Gasteiger charge is 2.53. The van der Waals surface area contributed by atoms with Crippen LogP contribution in [-0.2, 0) is 15.0 Å². The molecule has 0 bridgehead atoms. The normalized spacial score (nSPS) is 28.3. The molecule has 1 saturated heterocycles. The summed E-state index contributed by atoms with van der Waals surface area (Å²) in [6.45, 7) is 7.55. The number of amides is 1. The predicted octanol–water partition coefficient (Wildman–Crippen LogP) is 3.27.